The summed E-state index contributed by atoms with van der Waals surface area (Å²) in [6.07, 6.45) is 1.10. The zero-order chi connectivity index (χ0) is 11.5. The Morgan fingerprint density at radius 2 is 2.50 bits per heavy atom. The van der Waals surface area contributed by atoms with Crippen molar-refractivity contribution in [2.75, 3.05) is 5.32 Å². The highest BCUT2D eigenvalue weighted by atomic mass is 32.1. The topological polar surface area (TPSA) is 88.2 Å². The monoisotopic (exact) mass is 239 g/mol. The molecular weight excluding hydrogens is 230 g/mol. The Kier molecular flexibility index (Phi) is 2.86. The molecule has 0 aliphatic carbocycles. The van der Waals surface area contributed by atoms with Gasteiger partial charge in [0, 0.05) is 4.88 Å². The SMILES string of the molecule is Cc1ncsc1CNc1nc(C(=O)O)co1. The number of aromatic nitrogens is 2. The van der Waals surface area contributed by atoms with Gasteiger partial charge in [-0.25, -0.2) is 9.78 Å². The molecule has 0 spiro atoms. The van der Waals surface area contributed by atoms with Crippen molar-refractivity contribution in [2.45, 2.75) is 13.5 Å². The lowest BCUT2D eigenvalue weighted by molar-refractivity contribution is 0.0690. The fraction of sp³-hybridized carbons (Fsp3) is 0.222. The van der Waals surface area contributed by atoms with Crippen LogP contribution in [0.1, 0.15) is 21.1 Å². The van der Waals surface area contributed by atoms with Crippen LogP contribution in [-0.2, 0) is 6.54 Å². The summed E-state index contributed by atoms with van der Waals surface area (Å²) >= 11 is 1.52. The van der Waals surface area contributed by atoms with Gasteiger partial charge < -0.3 is 14.8 Å². The number of aromatic carboxylic acids is 1. The van der Waals surface area contributed by atoms with Crippen LogP contribution < -0.4 is 5.32 Å². The van der Waals surface area contributed by atoms with Crippen LogP contribution in [0.5, 0.6) is 0 Å². The minimum atomic E-state index is -1.11. The number of hydrogen-bond acceptors (Lipinski definition) is 6. The van der Waals surface area contributed by atoms with Crippen LogP contribution in [0.15, 0.2) is 16.2 Å². The molecule has 0 radical (unpaired) electrons. The molecule has 2 heterocycles. The summed E-state index contributed by atoms with van der Waals surface area (Å²) < 4.78 is 4.95. The van der Waals surface area contributed by atoms with E-state index in [-0.39, 0.29) is 11.7 Å². The number of carboxylic acids is 1. The van der Waals surface area contributed by atoms with Gasteiger partial charge in [0.05, 0.1) is 17.7 Å². The molecule has 2 aromatic rings. The van der Waals surface area contributed by atoms with Crippen molar-refractivity contribution in [2.24, 2.45) is 0 Å². The highest BCUT2D eigenvalue weighted by Gasteiger charge is 2.10. The maximum atomic E-state index is 10.5. The molecule has 0 unspecified atom stereocenters. The molecule has 84 valence electrons. The molecule has 6 nitrogen and oxygen atoms in total. The summed E-state index contributed by atoms with van der Waals surface area (Å²) in [5.74, 6) is -1.11. The third-order valence-corrected chi connectivity index (χ3v) is 2.90. The normalized spacial score (nSPS) is 10.3. The third kappa shape index (κ3) is 2.19. The van der Waals surface area contributed by atoms with E-state index in [1.807, 2.05) is 6.92 Å². The van der Waals surface area contributed by atoms with Gasteiger partial charge in [-0.3, -0.25) is 0 Å². The fourth-order valence-corrected chi connectivity index (χ4v) is 1.82. The molecule has 0 aliphatic heterocycles. The van der Waals surface area contributed by atoms with Gasteiger partial charge in [0.2, 0.25) is 0 Å². The quantitative estimate of drug-likeness (QED) is 0.845. The molecule has 0 saturated heterocycles. The number of carboxylic acid groups (broad SMARTS) is 1. The van der Waals surface area contributed by atoms with Gasteiger partial charge in [0.15, 0.2) is 5.69 Å². The largest absolute Gasteiger partial charge is 0.476 e. The van der Waals surface area contributed by atoms with Gasteiger partial charge in [-0.1, -0.05) is 0 Å². The van der Waals surface area contributed by atoms with Crippen LogP contribution in [0.4, 0.5) is 6.01 Å². The maximum Gasteiger partial charge on any atom is 0.357 e. The molecule has 7 heteroatoms. The standard InChI is InChI=1S/C9H9N3O3S/c1-5-7(16-4-11-5)2-10-9-12-6(3-15-9)8(13)14/h3-4H,2H2,1H3,(H,10,12)(H,13,14). The summed E-state index contributed by atoms with van der Waals surface area (Å²) in [5.41, 5.74) is 2.59. The summed E-state index contributed by atoms with van der Waals surface area (Å²) in [7, 11) is 0. The van der Waals surface area contributed by atoms with Crippen molar-refractivity contribution < 1.29 is 14.3 Å². The molecule has 16 heavy (non-hydrogen) atoms. The number of anilines is 1. The highest BCUT2D eigenvalue weighted by Crippen LogP contribution is 2.15. The lowest BCUT2D eigenvalue weighted by atomic mass is 10.4. The Bertz CT molecular complexity index is 506. The van der Waals surface area contributed by atoms with E-state index in [0.29, 0.717) is 6.54 Å². The minimum absolute atomic E-state index is 0.108. The summed E-state index contributed by atoms with van der Waals surface area (Å²) in [4.78, 5) is 19.4. The summed E-state index contributed by atoms with van der Waals surface area (Å²) in [5, 5.41) is 11.5. The Balaban J connectivity index is 2.00. The zero-order valence-electron chi connectivity index (χ0n) is 8.43. The number of nitrogens with zero attached hydrogens (tertiary/aromatic N) is 2. The molecule has 0 fully saturated rings. The Morgan fingerprint density at radius 3 is 3.06 bits per heavy atom. The maximum absolute atomic E-state index is 10.5. The van der Waals surface area contributed by atoms with Gasteiger partial charge in [0.25, 0.3) is 6.01 Å². The Hall–Kier alpha value is -1.89. The second-order valence-corrected chi connectivity index (χ2v) is 4.00. The highest BCUT2D eigenvalue weighted by molar-refractivity contribution is 7.09. The first-order valence-corrected chi connectivity index (χ1v) is 5.36. The molecule has 2 rings (SSSR count). The number of hydrogen-bond donors (Lipinski definition) is 2. The fourth-order valence-electron chi connectivity index (χ4n) is 1.10. The average Bonchev–Trinajstić information content (AvgIpc) is 2.83. The number of nitrogens with one attached hydrogen (secondary N) is 1. The number of rotatable bonds is 4. The number of thiazole rings is 1. The lowest BCUT2D eigenvalue weighted by Crippen LogP contribution is -2.01. The van der Waals surface area contributed by atoms with Crippen LogP contribution in [-0.4, -0.2) is 21.0 Å². The smallest absolute Gasteiger partial charge is 0.357 e. The van der Waals surface area contributed by atoms with Crippen LogP contribution >= 0.6 is 11.3 Å². The molecule has 0 atom stereocenters. The molecule has 0 aliphatic rings. The van der Waals surface area contributed by atoms with Gasteiger partial charge in [-0.05, 0) is 6.92 Å². The predicted octanol–water partition coefficient (Wildman–Crippen LogP) is 1.75. The van der Waals surface area contributed by atoms with E-state index in [9.17, 15) is 4.79 Å². The zero-order valence-corrected chi connectivity index (χ0v) is 9.24. The molecule has 0 aromatic carbocycles. The Morgan fingerprint density at radius 1 is 1.69 bits per heavy atom. The van der Waals surface area contributed by atoms with Gasteiger partial charge >= 0.3 is 5.97 Å². The van der Waals surface area contributed by atoms with Crippen LogP contribution in [0.2, 0.25) is 0 Å². The molecular formula is C9H9N3O3S. The van der Waals surface area contributed by atoms with Crippen molar-refractivity contribution in [3.8, 4) is 0 Å². The second-order valence-electron chi connectivity index (χ2n) is 3.06. The van der Waals surface area contributed by atoms with Crippen molar-refractivity contribution in [3.63, 3.8) is 0 Å². The van der Waals surface area contributed by atoms with Gasteiger partial charge in [0.1, 0.15) is 6.26 Å². The van der Waals surface area contributed by atoms with E-state index in [4.69, 9.17) is 9.52 Å². The molecule has 0 amide bonds. The predicted molar refractivity (Wildman–Crippen MR) is 57.6 cm³/mol. The number of carbonyl (C=O) groups is 1. The number of aryl methyl sites for hydroxylation is 1. The first-order valence-electron chi connectivity index (χ1n) is 4.48. The molecule has 0 saturated carbocycles. The van der Waals surface area contributed by atoms with E-state index in [1.165, 1.54) is 11.3 Å². The molecule has 0 bridgehead atoms. The van der Waals surface area contributed by atoms with Crippen molar-refractivity contribution >= 4 is 23.3 Å². The van der Waals surface area contributed by atoms with Crippen molar-refractivity contribution in [1.82, 2.24) is 9.97 Å². The molecule has 2 N–H and O–H groups in total. The molecule has 2 aromatic heterocycles. The average molecular weight is 239 g/mol. The summed E-state index contributed by atoms with van der Waals surface area (Å²) in [6, 6.07) is 0.199. The first kappa shape index (κ1) is 10.6. The first-order chi connectivity index (χ1) is 7.66. The second kappa shape index (κ2) is 4.31. The van der Waals surface area contributed by atoms with E-state index in [1.54, 1.807) is 5.51 Å². The van der Waals surface area contributed by atoms with Gasteiger partial charge in [-0.2, -0.15) is 4.98 Å². The van der Waals surface area contributed by atoms with Crippen LogP contribution in [0.25, 0.3) is 0 Å². The van der Waals surface area contributed by atoms with Crippen LogP contribution in [0, 0.1) is 6.92 Å². The minimum Gasteiger partial charge on any atom is -0.476 e. The van der Waals surface area contributed by atoms with Crippen molar-refractivity contribution in [3.05, 3.63) is 28.0 Å². The van der Waals surface area contributed by atoms with E-state index in [0.717, 1.165) is 16.8 Å². The van der Waals surface area contributed by atoms with E-state index < -0.39 is 5.97 Å². The summed E-state index contributed by atoms with van der Waals surface area (Å²) in [6.45, 7) is 2.43. The van der Waals surface area contributed by atoms with Crippen molar-refractivity contribution in [1.29, 1.82) is 0 Å². The Labute approximate surface area is 95.0 Å². The lowest BCUT2D eigenvalue weighted by Gasteiger charge is -1.98. The number of oxazole rings is 1. The van der Waals surface area contributed by atoms with Crippen LogP contribution in [0.3, 0.4) is 0 Å². The van der Waals surface area contributed by atoms with E-state index >= 15 is 0 Å². The third-order valence-electron chi connectivity index (χ3n) is 1.97. The van der Waals surface area contributed by atoms with E-state index in [2.05, 4.69) is 15.3 Å². The van der Waals surface area contributed by atoms with Gasteiger partial charge in [-0.15, -0.1) is 11.3 Å².